The van der Waals surface area contributed by atoms with Gasteiger partial charge in [0.15, 0.2) is 0 Å². The summed E-state index contributed by atoms with van der Waals surface area (Å²) in [5.41, 5.74) is 4.87. The summed E-state index contributed by atoms with van der Waals surface area (Å²) in [6, 6.07) is 1.90. The van der Waals surface area contributed by atoms with Gasteiger partial charge in [-0.25, -0.2) is 0 Å². The molecule has 0 unspecified atom stereocenters. The van der Waals surface area contributed by atoms with E-state index in [9.17, 15) is 13.0 Å². The molecule has 0 saturated carbocycles. The fourth-order valence-corrected chi connectivity index (χ4v) is 8.66. The average Bonchev–Trinajstić information content (AvgIpc) is 3.08. The molecular formula is C45H84O3S. The van der Waals surface area contributed by atoms with Crippen molar-refractivity contribution in [3.05, 3.63) is 28.3 Å². The number of aryl methyl sites for hydroxylation is 1. The number of hydrogen-bond donors (Lipinski definition) is 1. The fourth-order valence-electron chi connectivity index (χ4n) is 7.83. The predicted octanol–water partition coefficient (Wildman–Crippen LogP) is 15.3. The Morgan fingerprint density at radius 3 is 1.00 bits per heavy atom. The second-order valence-electron chi connectivity index (χ2n) is 15.5. The van der Waals surface area contributed by atoms with Gasteiger partial charge in [0.25, 0.3) is 10.1 Å². The van der Waals surface area contributed by atoms with Crippen LogP contribution in [0.1, 0.15) is 249 Å². The van der Waals surface area contributed by atoms with E-state index in [2.05, 4.69) is 27.7 Å². The molecular weight excluding hydrogens is 621 g/mol. The highest BCUT2D eigenvalue weighted by Gasteiger charge is 2.23. The summed E-state index contributed by atoms with van der Waals surface area (Å²) in [5.74, 6) is 0. The molecule has 0 bridgehead atoms. The van der Waals surface area contributed by atoms with Gasteiger partial charge in [-0.3, -0.25) is 4.55 Å². The topological polar surface area (TPSA) is 54.4 Å². The summed E-state index contributed by atoms with van der Waals surface area (Å²) in [4.78, 5) is 0.213. The second-order valence-corrected chi connectivity index (χ2v) is 16.9. The molecule has 1 rings (SSSR count). The van der Waals surface area contributed by atoms with E-state index in [1.165, 1.54) is 196 Å². The maximum absolute atomic E-state index is 12.8. The van der Waals surface area contributed by atoms with Crippen LogP contribution in [0.2, 0.25) is 0 Å². The molecule has 0 fully saturated rings. The molecule has 0 aromatic heterocycles. The van der Waals surface area contributed by atoms with E-state index < -0.39 is 10.1 Å². The molecule has 1 aromatic carbocycles. The van der Waals surface area contributed by atoms with Crippen LogP contribution in [-0.4, -0.2) is 13.0 Å². The minimum atomic E-state index is -4.27. The third-order valence-corrected chi connectivity index (χ3v) is 11.8. The molecule has 49 heavy (non-hydrogen) atoms. The molecule has 0 amide bonds. The Labute approximate surface area is 307 Å². The monoisotopic (exact) mass is 705 g/mol. The van der Waals surface area contributed by atoms with Crippen LogP contribution >= 0.6 is 0 Å². The lowest BCUT2D eigenvalue weighted by Crippen LogP contribution is -2.13. The van der Waals surface area contributed by atoms with Crippen molar-refractivity contribution in [1.82, 2.24) is 0 Å². The molecule has 0 atom stereocenters. The quantitative estimate of drug-likeness (QED) is 0.0559. The van der Waals surface area contributed by atoms with Crippen molar-refractivity contribution < 1.29 is 13.0 Å². The van der Waals surface area contributed by atoms with Gasteiger partial charge >= 0.3 is 0 Å². The Kier molecular flexibility index (Phi) is 30.0. The largest absolute Gasteiger partial charge is 0.294 e. The van der Waals surface area contributed by atoms with Crippen molar-refractivity contribution in [2.75, 3.05) is 0 Å². The minimum Gasteiger partial charge on any atom is -0.282 e. The lowest BCUT2D eigenvalue weighted by Gasteiger charge is -2.22. The first kappa shape index (κ1) is 46.2. The summed E-state index contributed by atoms with van der Waals surface area (Å²) in [6.07, 6.45) is 43.9. The number of hydrogen-bond acceptors (Lipinski definition) is 2. The number of unbranched alkanes of at least 4 members (excludes halogenated alkanes) is 27. The van der Waals surface area contributed by atoms with Crippen LogP contribution in [0.15, 0.2) is 11.0 Å². The van der Waals surface area contributed by atoms with Crippen molar-refractivity contribution in [1.29, 1.82) is 0 Å². The highest BCUT2D eigenvalue weighted by molar-refractivity contribution is 7.85. The van der Waals surface area contributed by atoms with E-state index in [4.69, 9.17) is 0 Å². The van der Waals surface area contributed by atoms with E-state index in [1.807, 2.05) is 6.07 Å². The average molecular weight is 705 g/mol. The van der Waals surface area contributed by atoms with Crippen LogP contribution in [0.4, 0.5) is 0 Å². The normalized spacial score (nSPS) is 11.9. The zero-order valence-corrected chi connectivity index (χ0v) is 34.3. The Morgan fingerprint density at radius 2 is 0.673 bits per heavy atom. The van der Waals surface area contributed by atoms with Gasteiger partial charge in [0, 0.05) is 0 Å². The van der Waals surface area contributed by atoms with Gasteiger partial charge in [-0.05, 0) is 73.3 Å². The molecule has 4 heteroatoms. The lowest BCUT2D eigenvalue weighted by molar-refractivity contribution is 0.481. The molecule has 0 heterocycles. The first-order valence-electron chi connectivity index (χ1n) is 22.0. The van der Waals surface area contributed by atoms with Gasteiger partial charge in [-0.15, -0.1) is 0 Å². The van der Waals surface area contributed by atoms with Crippen LogP contribution in [0.5, 0.6) is 0 Å². The zero-order valence-electron chi connectivity index (χ0n) is 33.5. The van der Waals surface area contributed by atoms with Crippen LogP contribution in [-0.2, 0) is 35.8 Å². The molecule has 288 valence electrons. The first-order valence-corrected chi connectivity index (χ1v) is 23.5. The molecule has 0 radical (unpaired) electrons. The van der Waals surface area contributed by atoms with Gasteiger partial charge < -0.3 is 0 Å². The van der Waals surface area contributed by atoms with Crippen molar-refractivity contribution in [3.8, 4) is 0 Å². The van der Waals surface area contributed by atoms with E-state index in [0.717, 1.165) is 50.5 Å². The van der Waals surface area contributed by atoms with Crippen LogP contribution in [0.3, 0.4) is 0 Å². The molecule has 1 N–H and O–H groups in total. The van der Waals surface area contributed by atoms with Crippen molar-refractivity contribution in [2.45, 2.75) is 257 Å². The van der Waals surface area contributed by atoms with Crippen molar-refractivity contribution >= 4 is 10.1 Å². The van der Waals surface area contributed by atoms with Gasteiger partial charge in [-0.1, -0.05) is 207 Å². The molecule has 0 saturated heterocycles. The Hall–Kier alpha value is -0.870. The first-order chi connectivity index (χ1) is 23.9. The van der Waals surface area contributed by atoms with Crippen molar-refractivity contribution in [2.24, 2.45) is 0 Å². The van der Waals surface area contributed by atoms with Crippen LogP contribution < -0.4 is 0 Å². The molecule has 1 aromatic rings. The summed E-state index contributed by atoms with van der Waals surface area (Å²) in [6.45, 7) is 8.98. The maximum atomic E-state index is 12.8. The Balaban J connectivity index is 2.97. The van der Waals surface area contributed by atoms with Gasteiger partial charge in [0.2, 0.25) is 0 Å². The second kappa shape index (κ2) is 31.8. The third-order valence-electron chi connectivity index (χ3n) is 10.9. The number of rotatable bonds is 36. The minimum absolute atomic E-state index is 0.213. The summed E-state index contributed by atoms with van der Waals surface area (Å²) >= 11 is 0. The van der Waals surface area contributed by atoms with E-state index in [-0.39, 0.29) is 4.90 Å². The molecule has 0 aliphatic carbocycles. The fraction of sp³-hybridized carbons (Fsp3) is 0.867. The SMILES string of the molecule is CCCCCCCCCCCCc1cc(S(=O)(=O)O)c(CCC)c(CCCCCCCCCCCC)c1CCCCCCCCCCCC. The molecule has 0 aliphatic heterocycles. The molecule has 0 aliphatic rings. The highest BCUT2D eigenvalue weighted by atomic mass is 32.2. The highest BCUT2D eigenvalue weighted by Crippen LogP contribution is 2.32. The van der Waals surface area contributed by atoms with Gasteiger partial charge in [-0.2, -0.15) is 8.42 Å². The lowest BCUT2D eigenvalue weighted by atomic mass is 9.85. The van der Waals surface area contributed by atoms with E-state index in [1.54, 1.807) is 0 Å². The Morgan fingerprint density at radius 1 is 0.367 bits per heavy atom. The smallest absolute Gasteiger partial charge is 0.282 e. The van der Waals surface area contributed by atoms with Gasteiger partial charge in [0.1, 0.15) is 0 Å². The molecule has 0 spiro atoms. The third kappa shape index (κ3) is 23.3. The van der Waals surface area contributed by atoms with Crippen LogP contribution in [0.25, 0.3) is 0 Å². The van der Waals surface area contributed by atoms with Crippen molar-refractivity contribution in [3.63, 3.8) is 0 Å². The summed E-state index contributed by atoms with van der Waals surface area (Å²) < 4.78 is 36.1. The Bertz CT molecular complexity index is 999. The summed E-state index contributed by atoms with van der Waals surface area (Å²) in [7, 11) is -4.27. The summed E-state index contributed by atoms with van der Waals surface area (Å²) in [5, 5.41) is 0. The van der Waals surface area contributed by atoms with E-state index in [0.29, 0.717) is 0 Å². The standard InChI is InChI=1S/C45H84O3S/c1-5-9-12-15-18-21-24-27-30-33-37-41-40-45(49(46,47)48)44(36-8-4)43(39-35-32-29-26-23-20-17-14-11-7-3)42(41)38-34-31-28-25-22-19-16-13-10-6-2/h40H,5-39H2,1-4H3,(H,46,47,48). The van der Waals surface area contributed by atoms with E-state index >= 15 is 0 Å². The maximum Gasteiger partial charge on any atom is 0.294 e. The zero-order chi connectivity index (χ0) is 35.8. The van der Waals surface area contributed by atoms with Crippen LogP contribution in [0, 0.1) is 0 Å². The molecule has 3 nitrogen and oxygen atoms in total. The number of benzene rings is 1. The van der Waals surface area contributed by atoms with Gasteiger partial charge in [0.05, 0.1) is 4.90 Å². The predicted molar refractivity (Wildman–Crippen MR) is 217 cm³/mol.